The van der Waals surface area contributed by atoms with Gasteiger partial charge in [-0.05, 0) is 42.3 Å². The molecule has 0 unspecified atom stereocenters. The van der Waals surface area contributed by atoms with Crippen molar-refractivity contribution >= 4 is 52.0 Å². The number of carbonyl (C=O) groups is 2. The molecule has 2 aromatic heterocycles. The highest BCUT2D eigenvalue weighted by molar-refractivity contribution is 8.00. The Labute approximate surface area is 228 Å². The van der Waals surface area contributed by atoms with E-state index >= 15 is 4.39 Å². The van der Waals surface area contributed by atoms with Crippen molar-refractivity contribution in [2.45, 2.75) is 33.9 Å². The van der Waals surface area contributed by atoms with E-state index in [0.717, 1.165) is 18.1 Å². The van der Waals surface area contributed by atoms with Crippen molar-refractivity contribution in [3.8, 4) is 11.1 Å². The van der Waals surface area contributed by atoms with E-state index in [1.165, 1.54) is 28.8 Å². The van der Waals surface area contributed by atoms with Gasteiger partial charge in [0.2, 0.25) is 5.78 Å². The topological polar surface area (TPSA) is 73.2 Å². The molecule has 10 heteroatoms. The van der Waals surface area contributed by atoms with Crippen LogP contribution in [0.4, 0.5) is 14.5 Å². The van der Waals surface area contributed by atoms with Gasteiger partial charge < -0.3 is 9.46 Å². The summed E-state index contributed by atoms with van der Waals surface area (Å²) in [5.41, 5.74) is 1.16. The molecule has 0 atom stereocenters. The van der Waals surface area contributed by atoms with Crippen LogP contribution in [-0.2, 0) is 16.3 Å². The minimum Gasteiger partial charge on any atom is -0.444 e. The normalized spacial score (nSPS) is 11.2. The van der Waals surface area contributed by atoms with Crippen LogP contribution in [0.5, 0.6) is 0 Å². The second-order valence-corrected chi connectivity index (χ2v) is 10.3. The number of carbonyl (C=O) groups excluding carboxylic acids is 2. The first-order chi connectivity index (χ1) is 18.2. The maximum absolute atomic E-state index is 15.4. The molecule has 0 aliphatic carbocycles. The number of pyridine rings is 1. The zero-order valence-electron chi connectivity index (χ0n) is 21.1. The second kappa shape index (κ2) is 12.0. The van der Waals surface area contributed by atoms with Crippen molar-refractivity contribution in [2.24, 2.45) is 5.92 Å². The van der Waals surface area contributed by atoms with Crippen molar-refractivity contribution in [1.29, 1.82) is 0 Å². The van der Waals surface area contributed by atoms with E-state index in [1.807, 2.05) is 6.92 Å². The predicted octanol–water partition coefficient (Wildman–Crippen LogP) is 7.49. The Balaban J connectivity index is 1.82. The molecular formula is C28H26ClF2N3O3S. The van der Waals surface area contributed by atoms with Gasteiger partial charge in [-0.25, -0.2) is 13.8 Å². The molecule has 0 aliphatic heterocycles. The van der Waals surface area contributed by atoms with E-state index in [1.54, 1.807) is 50.4 Å². The quantitative estimate of drug-likeness (QED) is 0.0942. The number of ketones is 1. The van der Waals surface area contributed by atoms with Crippen molar-refractivity contribution < 1.29 is 23.1 Å². The molecule has 0 saturated heterocycles. The fraction of sp³-hybridized carbons (Fsp3) is 0.250. The lowest BCUT2D eigenvalue weighted by molar-refractivity contribution is -0.151. The summed E-state index contributed by atoms with van der Waals surface area (Å²) in [6.07, 6.45) is 3.87. The Morgan fingerprint density at radius 1 is 1.13 bits per heavy atom. The van der Waals surface area contributed by atoms with Crippen LogP contribution >= 0.6 is 23.5 Å². The van der Waals surface area contributed by atoms with Crippen molar-refractivity contribution in [3.63, 3.8) is 0 Å². The lowest BCUT2D eigenvalue weighted by atomic mass is 10.00. The average molecular weight is 558 g/mol. The molecule has 4 aromatic rings. The largest absolute Gasteiger partial charge is 0.444 e. The van der Waals surface area contributed by atoms with E-state index in [-0.39, 0.29) is 23.9 Å². The number of anilines is 1. The van der Waals surface area contributed by atoms with Crippen LogP contribution in [0.15, 0.2) is 54.9 Å². The monoisotopic (exact) mass is 557 g/mol. The molecule has 0 bridgehead atoms. The maximum atomic E-state index is 15.4. The zero-order valence-corrected chi connectivity index (χ0v) is 22.6. The van der Waals surface area contributed by atoms with Gasteiger partial charge in [0, 0.05) is 34.1 Å². The Hall–Kier alpha value is -3.43. The highest BCUT2D eigenvalue weighted by atomic mass is 35.5. The highest BCUT2D eigenvalue weighted by Crippen LogP contribution is 2.31. The number of nitrogens with one attached hydrogen (secondary N) is 1. The smallest absolute Gasteiger partial charge is 0.310 e. The van der Waals surface area contributed by atoms with Gasteiger partial charge in [0.05, 0.1) is 22.7 Å². The van der Waals surface area contributed by atoms with Gasteiger partial charge in [-0.2, -0.15) is 0 Å². The highest BCUT2D eigenvalue weighted by Gasteiger charge is 2.26. The number of esters is 1. The van der Waals surface area contributed by atoms with Gasteiger partial charge in [-0.1, -0.05) is 56.5 Å². The Morgan fingerprint density at radius 2 is 1.87 bits per heavy atom. The molecule has 1 N–H and O–H groups in total. The first-order valence-electron chi connectivity index (χ1n) is 12.0. The standard InChI is InChI=1S/C28H26ClF2N3O3S/c1-4-11-38-33-23-10-9-22(30)24(25(23)31)26(35)21-14-34(15-37-28(36)16(2)3)27-20(21)12-18(13-32-27)17-5-7-19(29)8-6-17/h5-10,12-14,16,33H,4,11,15H2,1-3H3. The summed E-state index contributed by atoms with van der Waals surface area (Å²) in [6, 6.07) is 11.1. The van der Waals surface area contributed by atoms with Crippen molar-refractivity contribution in [2.75, 3.05) is 10.5 Å². The number of aromatic nitrogens is 2. The average Bonchev–Trinajstić information content (AvgIpc) is 3.27. The van der Waals surface area contributed by atoms with Gasteiger partial charge in [-0.15, -0.1) is 0 Å². The van der Waals surface area contributed by atoms with Gasteiger partial charge in [0.25, 0.3) is 0 Å². The first-order valence-corrected chi connectivity index (χ1v) is 13.4. The number of halogens is 3. The molecule has 0 amide bonds. The third kappa shape index (κ3) is 5.84. The molecule has 0 radical (unpaired) electrons. The third-order valence-corrected chi connectivity index (χ3v) is 6.99. The summed E-state index contributed by atoms with van der Waals surface area (Å²) in [7, 11) is 0. The lowest BCUT2D eigenvalue weighted by Crippen LogP contribution is -2.14. The number of benzene rings is 2. The summed E-state index contributed by atoms with van der Waals surface area (Å²) in [4.78, 5) is 30.2. The van der Waals surface area contributed by atoms with Crippen LogP contribution in [0.3, 0.4) is 0 Å². The van der Waals surface area contributed by atoms with Crippen LogP contribution in [-0.4, -0.2) is 27.1 Å². The fourth-order valence-corrected chi connectivity index (χ4v) is 4.50. The molecule has 4 rings (SSSR count). The zero-order chi connectivity index (χ0) is 27.4. The number of hydrogen-bond acceptors (Lipinski definition) is 6. The molecule has 2 heterocycles. The van der Waals surface area contributed by atoms with Crippen LogP contribution in [0.1, 0.15) is 43.1 Å². The van der Waals surface area contributed by atoms with Gasteiger partial charge in [-0.3, -0.25) is 14.2 Å². The molecule has 0 spiro atoms. The first kappa shape index (κ1) is 27.6. The van der Waals surface area contributed by atoms with Gasteiger partial charge in [0.1, 0.15) is 11.5 Å². The Morgan fingerprint density at radius 3 is 2.55 bits per heavy atom. The Bertz CT molecular complexity index is 1490. The van der Waals surface area contributed by atoms with E-state index in [0.29, 0.717) is 27.4 Å². The molecule has 38 heavy (non-hydrogen) atoms. The summed E-state index contributed by atoms with van der Waals surface area (Å²) in [5, 5.41) is 0.925. The predicted molar refractivity (Wildman–Crippen MR) is 147 cm³/mol. The Kier molecular flexibility index (Phi) is 8.69. The van der Waals surface area contributed by atoms with E-state index in [4.69, 9.17) is 16.3 Å². The van der Waals surface area contributed by atoms with Gasteiger partial charge >= 0.3 is 5.97 Å². The number of nitrogens with zero attached hydrogens (tertiary/aromatic N) is 2. The van der Waals surface area contributed by atoms with Crippen LogP contribution in [0.2, 0.25) is 5.02 Å². The fourth-order valence-electron chi connectivity index (χ4n) is 3.76. The minimum atomic E-state index is -0.979. The molecule has 0 fully saturated rings. The minimum absolute atomic E-state index is 0.0165. The number of rotatable bonds is 10. The molecule has 6 nitrogen and oxygen atoms in total. The number of fused-ring (bicyclic) bond motifs is 1. The molecule has 0 saturated carbocycles. The molecular weight excluding hydrogens is 532 g/mol. The maximum Gasteiger partial charge on any atom is 0.310 e. The molecule has 2 aromatic carbocycles. The number of hydrogen-bond donors (Lipinski definition) is 1. The van der Waals surface area contributed by atoms with E-state index < -0.39 is 29.0 Å². The van der Waals surface area contributed by atoms with Crippen LogP contribution in [0.25, 0.3) is 22.2 Å². The number of ether oxygens (including phenoxy) is 1. The summed E-state index contributed by atoms with van der Waals surface area (Å²) in [6.45, 7) is 5.17. The van der Waals surface area contributed by atoms with Crippen molar-refractivity contribution in [1.82, 2.24) is 9.55 Å². The summed E-state index contributed by atoms with van der Waals surface area (Å²) >= 11 is 7.28. The lowest BCUT2D eigenvalue weighted by Gasteiger charge is -2.10. The van der Waals surface area contributed by atoms with E-state index in [2.05, 4.69) is 9.71 Å². The van der Waals surface area contributed by atoms with Crippen molar-refractivity contribution in [3.05, 3.63) is 82.6 Å². The molecule has 198 valence electrons. The summed E-state index contributed by atoms with van der Waals surface area (Å²) in [5.74, 6) is -2.88. The SMILES string of the molecule is CCCSNc1ccc(F)c(C(=O)c2cn(COC(=O)C(C)C)c3ncc(-c4ccc(Cl)cc4)cc23)c1F. The summed E-state index contributed by atoms with van der Waals surface area (Å²) < 4.78 is 39.9. The van der Waals surface area contributed by atoms with E-state index in [9.17, 15) is 14.0 Å². The third-order valence-electron chi connectivity index (χ3n) is 5.76. The van der Waals surface area contributed by atoms with Gasteiger partial charge in [0.15, 0.2) is 12.5 Å². The second-order valence-electron chi connectivity index (χ2n) is 8.93. The molecule has 0 aliphatic rings. The van der Waals surface area contributed by atoms with Crippen LogP contribution < -0.4 is 4.72 Å². The van der Waals surface area contributed by atoms with Crippen LogP contribution in [0, 0.1) is 17.6 Å².